The molecule has 2 N–H and O–H groups in total. The highest BCUT2D eigenvalue weighted by Crippen LogP contribution is 2.31. The van der Waals surface area contributed by atoms with Crippen LogP contribution in [0.5, 0.6) is 5.75 Å². The number of aliphatic hydroxyl groups excluding tert-OH is 1. The summed E-state index contributed by atoms with van der Waals surface area (Å²) in [6, 6.07) is 8.26. The third kappa shape index (κ3) is 5.28. The maximum atomic E-state index is 9.92. The molecule has 0 bridgehead atoms. The molecule has 1 aliphatic heterocycles. The van der Waals surface area contributed by atoms with Crippen molar-refractivity contribution < 1.29 is 19.3 Å². The molecule has 118 valence electrons. The van der Waals surface area contributed by atoms with Gasteiger partial charge in [0.05, 0.1) is 32.5 Å². The fraction of sp³-hybridized carbons (Fsp3) is 0.625. The molecule has 0 aromatic heterocycles. The lowest BCUT2D eigenvalue weighted by molar-refractivity contribution is 0.00534. The Balaban J connectivity index is 1.69. The number of hydrogen-bond donors (Lipinski definition) is 2. The van der Waals surface area contributed by atoms with E-state index < -0.39 is 6.10 Å². The second-order valence-electron chi connectivity index (χ2n) is 5.06. The summed E-state index contributed by atoms with van der Waals surface area (Å²) in [5.41, 5.74) is 1.16. The van der Waals surface area contributed by atoms with Gasteiger partial charge >= 0.3 is 0 Å². The zero-order chi connectivity index (χ0) is 14.9. The van der Waals surface area contributed by atoms with Crippen molar-refractivity contribution in [2.24, 2.45) is 0 Å². The van der Waals surface area contributed by atoms with Crippen LogP contribution in [0.2, 0.25) is 0 Å². The van der Waals surface area contributed by atoms with Gasteiger partial charge in [-0.2, -0.15) is 0 Å². The third-order valence-electron chi connectivity index (χ3n) is 3.44. The first kappa shape index (κ1) is 16.2. The molecule has 0 amide bonds. The van der Waals surface area contributed by atoms with Crippen LogP contribution in [-0.4, -0.2) is 50.8 Å². The molecule has 0 spiro atoms. The predicted octanol–water partition coefficient (Wildman–Crippen LogP) is 1.51. The molecular formula is C16H25NO4. The number of ether oxygens (including phenoxy) is 3. The van der Waals surface area contributed by atoms with Gasteiger partial charge in [0.1, 0.15) is 5.75 Å². The molecule has 0 radical (unpaired) electrons. The molecule has 2 unspecified atom stereocenters. The van der Waals surface area contributed by atoms with Gasteiger partial charge in [-0.1, -0.05) is 18.2 Å². The number of rotatable bonds is 9. The van der Waals surface area contributed by atoms with Crippen molar-refractivity contribution in [3.8, 4) is 5.75 Å². The summed E-state index contributed by atoms with van der Waals surface area (Å²) in [6.45, 7) is 5.27. The summed E-state index contributed by atoms with van der Waals surface area (Å²) in [5, 5.41) is 13.3. The van der Waals surface area contributed by atoms with Gasteiger partial charge in [-0.25, -0.2) is 0 Å². The van der Waals surface area contributed by atoms with Gasteiger partial charge in [-0.05, 0) is 13.0 Å². The Morgan fingerprint density at radius 2 is 2.14 bits per heavy atom. The second kappa shape index (κ2) is 9.00. The van der Waals surface area contributed by atoms with Crippen LogP contribution in [0.25, 0.3) is 0 Å². The SMILES string of the molecule is CCOCCOCC(O)CNC1CCOc2ccccc21. The number of aliphatic hydroxyl groups is 1. The van der Waals surface area contributed by atoms with Crippen LogP contribution in [0.4, 0.5) is 0 Å². The molecule has 2 atom stereocenters. The lowest BCUT2D eigenvalue weighted by atomic mass is 10.0. The summed E-state index contributed by atoms with van der Waals surface area (Å²) in [6.07, 6.45) is 0.399. The Morgan fingerprint density at radius 1 is 1.33 bits per heavy atom. The number of nitrogens with one attached hydrogen (secondary N) is 1. The second-order valence-corrected chi connectivity index (χ2v) is 5.06. The van der Waals surface area contributed by atoms with E-state index >= 15 is 0 Å². The van der Waals surface area contributed by atoms with Gasteiger partial charge < -0.3 is 24.6 Å². The first-order valence-corrected chi connectivity index (χ1v) is 7.60. The first-order valence-electron chi connectivity index (χ1n) is 7.60. The van der Waals surface area contributed by atoms with E-state index in [9.17, 15) is 5.11 Å². The zero-order valence-corrected chi connectivity index (χ0v) is 12.6. The van der Waals surface area contributed by atoms with E-state index in [2.05, 4.69) is 11.4 Å². The van der Waals surface area contributed by atoms with Gasteiger partial charge in [-0.15, -0.1) is 0 Å². The molecule has 1 aliphatic rings. The highest BCUT2D eigenvalue weighted by Gasteiger charge is 2.21. The van der Waals surface area contributed by atoms with Crippen LogP contribution in [-0.2, 0) is 9.47 Å². The minimum Gasteiger partial charge on any atom is -0.493 e. The van der Waals surface area contributed by atoms with Crippen molar-refractivity contribution in [3.63, 3.8) is 0 Å². The summed E-state index contributed by atoms with van der Waals surface area (Å²) in [4.78, 5) is 0. The van der Waals surface area contributed by atoms with Gasteiger partial charge in [-0.3, -0.25) is 0 Å². The highest BCUT2D eigenvalue weighted by molar-refractivity contribution is 5.37. The van der Waals surface area contributed by atoms with Crippen molar-refractivity contribution in [3.05, 3.63) is 29.8 Å². The number of para-hydroxylation sites is 1. The normalized spacial score (nSPS) is 18.9. The van der Waals surface area contributed by atoms with E-state index in [-0.39, 0.29) is 6.04 Å². The Hall–Kier alpha value is -1.14. The fourth-order valence-electron chi connectivity index (χ4n) is 2.37. The zero-order valence-electron chi connectivity index (χ0n) is 12.6. The Kier molecular flexibility index (Phi) is 6.95. The standard InChI is InChI=1S/C16H25NO4/c1-2-19-9-10-20-12-13(18)11-17-15-7-8-21-16-6-4-3-5-14(15)16/h3-6,13,15,17-18H,2,7-12H2,1H3. The van der Waals surface area contributed by atoms with Crippen molar-refractivity contribution in [2.45, 2.75) is 25.5 Å². The van der Waals surface area contributed by atoms with Crippen LogP contribution in [0.1, 0.15) is 24.9 Å². The minimum absolute atomic E-state index is 0.230. The average molecular weight is 295 g/mol. The van der Waals surface area contributed by atoms with E-state index in [4.69, 9.17) is 14.2 Å². The quantitative estimate of drug-likeness (QED) is 0.676. The van der Waals surface area contributed by atoms with Crippen LogP contribution >= 0.6 is 0 Å². The third-order valence-corrected chi connectivity index (χ3v) is 3.44. The Labute approximate surface area is 126 Å². The molecule has 1 aromatic carbocycles. The summed E-state index contributed by atoms with van der Waals surface area (Å²) in [7, 11) is 0. The molecule has 0 fully saturated rings. The van der Waals surface area contributed by atoms with E-state index in [1.54, 1.807) is 0 Å². The maximum absolute atomic E-state index is 9.92. The van der Waals surface area contributed by atoms with Crippen molar-refractivity contribution >= 4 is 0 Å². The summed E-state index contributed by atoms with van der Waals surface area (Å²) < 4.78 is 16.2. The molecule has 21 heavy (non-hydrogen) atoms. The molecule has 2 rings (SSSR count). The van der Waals surface area contributed by atoms with E-state index in [0.717, 1.165) is 17.7 Å². The number of fused-ring (bicyclic) bond motifs is 1. The fourth-order valence-corrected chi connectivity index (χ4v) is 2.37. The topological polar surface area (TPSA) is 60.0 Å². The van der Waals surface area contributed by atoms with Gasteiger partial charge in [0.15, 0.2) is 0 Å². The summed E-state index contributed by atoms with van der Waals surface area (Å²) in [5.74, 6) is 0.934. The molecular weight excluding hydrogens is 270 g/mol. The predicted molar refractivity (Wildman–Crippen MR) is 80.6 cm³/mol. The smallest absolute Gasteiger partial charge is 0.124 e. The van der Waals surface area contributed by atoms with Crippen LogP contribution < -0.4 is 10.1 Å². The molecule has 0 saturated carbocycles. The van der Waals surface area contributed by atoms with Crippen molar-refractivity contribution in [1.82, 2.24) is 5.32 Å². The molecule has 1 aromatic rings. The molecule has 1 heterocycles. The molecule has 5 nitrogen and oxygen atoms in total. The first-order chi connectivity index (χ1) is 10.3. The van der Waals surface area contributed by atoms with Crippen molar-refractivity contribution in [1.29, 1.82) is 0 Å². The number of hydrogen-bond acceptors (Lipinski definition) is 5. The molecule has 0 aliphatic carbocycles. The lowest BCUT2D eigenvalue weighted by Gasteiger charge is -2.27. The van der Waals surface area contributed by atoms with Gasteiger partial charge in [0, 0.05) is 31.2 Å². The lowest BCUT2D eigenvalue weighted by Crippen LogP contribution is -2.35. The van der Waals surface area contributed by atoms with E-state index in [0.29, 0.717) is 39.6 Å². The number of benzene rings is 1. The molecule has 0 saturated heterocycles. The van der Waals surface area contributed by atoms with Crippen LogP contribution in [0.15, 0.2) is 24.3 Å². The monoisotopic (exact) mass is 295 g/mol. The largest absolute Gasteiger partial charge is 0.493 e. The average Bonchev–Trinajstić information content (AvgIpc) is 2.52. The van der Waals surface area contributed by atoms with E-state index in [1.165, 1.54) is 0 Å². The minimum atomic E-state index is -0.512. The summed E-state index contributed by atoms with van der Waals surface area (Å²) >= 11 is 0. The Bertz CT molecular complexity index is 413. The highest BCUT2D eigenvalue weighted by atomic mass is 16.5. The molecule has 5 heteroatoms. The van der Waals surface area contributed by atoms with Crippen LogP contribution in [0, 0.1) is 0 Å². The van der Waals surface area contributed by atoms with E-state index in [1.807, 2.05) is 25.1 Å². The maximum Gasteiger partial charge on any atom is 0.124 e. The van der Waals surface area contributed by atoms with Crippen molar-refractivity contribution in [2.75, 3.05) is 39.6 Å². The Morgan fingerprint density at radius 3 is 3.00 bits per heavy atom. The van der Waals surface area contributed by atoms with Gasteiger partial charge in [0.25, 0.3) is 0 Å². The van der Waals surface area contributed by atoms with Crippen LogP contribution in [0.3, 0.4) is 0 Å². The van der Waals surface area contributed by atoms with Gasteiger partial charge in [0.2, 0.25) is 0 Å².